The van der Waals surface area contributed by atoms with Gasteiger partial charge in [0.2, 0.25) is 0 Å². The summed E-state index contributed by atoms with van der Waals surface area (Å²) in [5.41, 5.74) is 1.56. The van der Waals surface area contributed by atoms with E-state index in [0.29, 0.717) is 0 Å². The first-order valence-corrected chi connectivity index (χ1v) is 4.63. The monoisotopic (exact) mass is 164 g/mol. The number of hydrogen-bond donors (Lipinski definition) is 0. The molecule has 0 atom stereocenters. The van der Waals surface area contributed by atoms with E-state index in [9.17, 15) is 0 Å². The van der Waals surface area contributed by atoms with Crippen LogP contribution in [0.3, 0.4) is 0 Å². The molecule has 1 aliphatic carbocycles. The first kappa shape index (κ1) is 7.84. The second-order valence-corrected chi connectivity index (χ2v) is 4.61. The highest BCUT2D eigenvalue weighted by atomic mass is 15.3. The van der Waals surface area contributed by atoms with Crippen LogP contribution in [0.5, 0.6) is 0 Å². The molecule has 0 radical (unpaired) electrons. The average Bonchev–Trinajstić information content (AvgIpc) is 2.65. The molecule has 0 aliphatic heterocycles. The quantitative estimate of drug-likeness (QED) is 0.623. The topological polar surface area (TPSA) is 17.8 Å². The van der Waals surface area contributed by atoms with E-state index in [-0.39, 0.29) is 5.54 Å². The van der Waals surface area contributed by atoms with Crippen LogP contribution < -0.4 is 0 Å². The molecule has 0 bridgehead atoms. The molecule has 66 valence electrons. The Morgan fingerprint density at radius 1 is 1.42 bits per heavy atom. The second kappa shape index (κ2) is 2.35. The molecule has 12 heavy (non-hydrogen) atoms. The molecule has 1 heterocycles. The van der Waals surface area contributed by atoms with Crippen molar-refractivity contribution in [3.63, 3.8) is 0 Å². The van der Waals surface area contributed by atoms with Crippen molar-refractivity contribution in [2.45, 2.75) is 45.1 Å². The van der Waals surface area contributed by atoms with E-state index >= 15 is 0 Å². The van der Waals surface area contributed by atoms with Crippen LogP contribution >= 0.6 is 0 Å². The van der Waals surface area contributed by atoms with Gasteiger partial charge in [0.05, 0.1) is 5.54 Å². The summed E-state index contributed by atoms with van der Waals surface area (Å²) in [5, 5.41) is 4.37. The molecule has 0 N–H and O–H groups in total. The molecular formula is C10H16N2. The van der Waals surface area contributed by atoms with Crippen molar-refractivity contribution in [2.75, 3.05) is 0 Å². The van der Waals surface area contributed by atoms with Gasteiger partial charge < -0.3 is 0 Å². The minimum Gasteiger partial charge on any atom is -0.264 e. The molecule has 0 aromatic carbocycles. The fraction of sp³-hybridized carbons (Fsp3) is 0.700. The van der Waals surface area contributed by atoms with Crippen molar-refractivity contribution in [2.24, 2.45) is 0 Å². The van der Waals surface area contributed by atoms with Gasteiger partial charge in [0.1, 0.15) is 0 Å². The van der Waals surface area contributed by atoms with Crippen LogP contribution in [0.2, 0.25) is 0 Å². The van der Waals surface area contributed by atoms with Crippen LogP contribution in [0, 0.1) is 0 Å². The second-order valence-electron chi connectivity index (χ2n) is 4.61. The Morgan fingerprint density at radius 3 is 2.58 bits per heavy atom. The number of nitrogens with zero attached hydrogens (tertiary/aromatic N) is 2. The van der Waals surface area contributed by atoms with E-state index in [4.69, 9.17) is 0 Å². The summed E-state index contributed by atoms with van der Waals surface area (Å²) in [4.78, 5) is 0. The SMILES string of the molecule is CC(C)(C)n1nccc1C1CC1. The van der Waals surface area contributed by atoms with Gasteiger partial charge in [-0.2, -0.15) is 5.10 Å². The van der Waals surface area contributed by atoms with Crippen molar-refractivity contribution in [1.29, 1.82) is 0 Å². The van der Waals surface area contributed by atoms with E-state index in [0.717, 1.165) is 5.92 Å². The van der Waals surface area contributed by atoms with Crippen molar-refractivity contribution in [3.05, 3.63) is 18.0 Å². The molecule has 1 saturated carbocycles. The Hall–Kier alpha value is -0.790. The maximum Gasteiger partial charge on any atom is 0.0546 e. The lowest BCUT2D eigenvalue weighted by Gasteiger charge is -2.22. The zero-order valence-corrected chi connectivity index (χ0v) is 8.04. The molecule has 0 amide bonds. The smallest absolute Gasteiger partial charge is 0.0546 e. The summed E-state index contributed by atoms with van der Waals surface area (Å²) in [7, 11) is 0. The highest BCUT2D eigenvalue weighted by Crippen LogP contribution is 2.41. The molecule has 2 heteroatoms. The maximum absolute atomic E-state index is 4.37. The fourth-order valence-corrected chi connectivity index (χ4v) is 1.56. The van der Waals surface area contributed by atoms with Gasteiger partial charge >= 0.3 is 0 Å². The summed E-state index contributed by atoms with van der Waals surface area (Å²) in [6.45, 7) is 6.60. The minimum atomic E-state index is 0.140. The van der Waals surface area contributed by atoms with Gasteiger partial charge in [-0.25, -0.2) is 0 Å². The Bertz CT molecular complexity index is 276. The van der Waals surface area contributed by atoms with Gasteiger partial charge in [-0.15, -0.1) is 0 Å². The first-order valence-electron chi connectivity index (χ1n) is 4.63. The van der Waals surface area contributed by atoms with Crippen LogP contribution in [0.15, 0.2) is 12.3 Å². The van der Waals surface area contributed by atoms with E-state index in [1.807, 2.05) is 6.20 Å². The van der Waals surface area contributed by atoms with Crippen LogP contribution in [0.25, 0.3) is 0 Å². The summed E-state index contributed by atoms with van der Waals surface area (Å²) in [6.07, 6.45) is 4.61. The molecule has 1 fully saturated rings. The third-order valence-corrected chi connectivity index (χ3v) is 2.30. The molecule has 0 spiro atoms. The number of rotatable bonds is 1. The zero-order valence-electron chi connectivity index (χ0n) is 8.04. The summed E-state index contributed by atoms with van der Waals surface area (Å²) >= 11 is 0. The van der Waals surface area contributed by atoms with Gasteiger partial charge in [0.25, 0.3) is 0 Å². The molecule has 1 aromatic heterocycles. The third-order valence-electron chi connectivity index (χ3n) is 2.30. The standard InChI is InChI=1S/C10H16N2/c1-10(2,3)12-9(6-7-11-12)8-4-5-8/h6-8H,4-5H2,1-3H3. The van der Waals surface area contributed by atoms with Crippen molar-refractivity contribution < 1.29 is 0 Å². The molecular weight excluding hydrogens is 148 g/mol. The van der Waals surface area contributed by atoms with Gasteiger partial charge in [-0.3, -0.25) is 4.68 Å². The molecule has 1 aromatic rings. The van der Waals surface area contributed by atoms with Crippen LogP contribution in [0.1, 0.15) is 45.2 Å². The highest BCUT2D eigenvalue weighted by Gasteiger charge is 2.29. The van der Waals surface area contributed by atoms with Gasteiger partial charge in [-0.1, -0.05) is 0 Å². The predicted octanol–water partition coefficient (Wildman–Crippen LogP) is 2.52. The molecule has 0 saturated heterocycles. The number of aromatic nitrogens is 2. The Labute approximate surface area is 73.6 Å². The fourth-order valence-electron chi connectivity index (χ4n) is 1.56. The molecule has 1 aliphatic rings. The maximum atomic E-state index is 4.37. The summed E-state index contributed by atoms with van der Waals surface area (Å²) < 4.78 is 2.16. The van der Waals surface area contributed by atoms with Gasteiger partial charge in [-0.05, 0) is 39.7 Å². The van der Waals surface area contributed by atoms with Crippen molar-refractivity contribution in [3.8, 4) is 0 Å². The highest BCUT2D eigenvalue weighted by molar-refractivity contribution is 5.15. The Morgan fingerprint density at radius 2 is 2.08 bits per heavy atom. The Balaban J connectivity index is 2.36. The summed E-state index contributed by atoms with van der Waals surface area (Å²) in [6, 6.07) is 2.16. The van der Waals surface area contributed by atoms with Crippen molar-refractivity contribution >= 4 is 0 Å². The molecule has 2 nitrogen and oxygen atoms in total. The van der Waals surface area contributed by atoms with E-state index in [1.54, 1.807) is 0 Å². The average molecular weight is 164 g/mol. The molecule has 2 rings (SSSR count). The summed E-state index contributed by atoms with van der Waals surface area (Å²) in [5.74, 6) is 0.798. The normalized spacial score (nSPS) is 18.2. The predicted molar refractivity (Wildman–Crippen MR) is 49.2 cm³/mol. The molecule has 0 unspecified atom stereocenters. The minimum absolute atomic E-state index is 0.140. The van der Waals surface area contributed by atoms with Crippen LogP contribution in [0.4, 0.5) is 0 Å². The van der Waals surface area contributed by atoms with Gasteiger partial charge in [0.15, 0.2) is 0 Å². The lowest BCUT2D eigenvalue weighted by Crippen LogP contribution is -2.24. The zero-order chi connectivity index (χ0) is 8.77. The van der Waals surface area contributed by atoms with Crippen molar-refractivity contribution in [1.82, 2.24) is 9.78 Å². The third kappa shape index (κ3) is 1.26. The van der Waals surface area contributed by atoms with Crippen LogP contribution in [-0.2, 0) is 5.54 Å². The first-order chi connectivity index (χ1) is 5.59. The van der Waals surface area contributed by atoms with Crippen LogP contribution in [-0.4, -0.2) is 9.78 Å². The van der Waals surface area contributed by atoms with Gasteiger partial charge in [0, 0.05) is 17.8 Å². The number of hydrogen-bond acceptors (Lipinski definition) is 1. The van der Waals surface area contributed by atoms with E-state index < -0.39 is 0 Å². The lowest BCUT2D eigenvalue weighted by atomic mass is 10.1. The largest absolute Gasteiger partial charge is 0.264 e. The lowest BCUT2D eigenvalue weighted by molar-refractivity contribution is 0.343. The van der Waals surface area contributed by atoms with E-state index in [1.165, 1.54) is 18.5 Å². The Kier molecular flexibility index (Phi) is 1.53. The van der Waals surface area contributed by atoms with E-state index in [2.05, 4.69) is 36.6 Å².